The lowest BCUT2D eigenvalue weighted by molar-refractivity contribution is 0.0520. The Morgan fingerprint density at radius 2 is 1.96 bits per heavy atom. The number of Topliss-reactive ketones (excluding diaryl/α,β-unsaturated/α-hetero) is 1. The van der Waals surface area contributed by atoms with E-state index in [2.05, 4.69) is 0 Å². The summed E-state index contributed by atoms with van der Waals surface area (Å²) in [6.07, 6.45) is 0.685. The third-order valence-electron chi connectivity index (χ3n) is 3.94. The van der Waals surface area contributed by atoms with Crippen molar-refractivity contribution in [2.75, 3.05) is 6.61 Å². The minimum absolute atomic E-state index is 0.00890. The molecule has 1 unspecified atom stereocenters. The van der Waals surface area contributed by atoms with Gasteiger partial charge in [-0.2, -0.15) is 0 Å². The maximum atomic E-state index is 12.5. The van der Waals surface area contributed by atoms with Gasteiger partial charge >= 0.3 is 11.6 Å². The summed E-state index contributed by atoms with van der Waals surface area (Å²) in [7, 11) is 0. The monoisotopic (exact) mass is 312 g/mol. The van der Waals surface area contributed by atoms with E-state index in [4.69, 9.17) is 9.15 Å². The highest BCUT2D eigenvalue weighted by molar-refractivity contribution is 6.07. The first-order valence-electron chi connectivity index (χ1n) is 7.52. The lowest BCUT2D eigenvalue weighted by Gasteiger charge is -2.23. The van der Waals surface area contributed by atoms with Crippen molar-refractivity contribution in [3.63, 3.8) is 0 Å². The number of benzene rings is 1. The Morgan fingerprint density at radius 1 is 1.22 bits per heavy atom. The van der Waals surface area contributed by atoms with Gasteiger partial charge in [-0.15, -0.1) is 0 Å². The quantitative estimate of drug-likeness (QED) is 0.815. The zero-order valence-corrected chi connectivity index (χ0v) is 12.7. The van der Waals surface area contributed by atoms with Crippen LogP contribution in [0.15, 0.2) is 45.6 Å². The number of carbonyl (C=O) groups is 2. The van der Waals surface area contributed by atoms with Crippen LogP contribution in [-0.2, 0) is 11.2 Å². The minimum Gasteiger partial charge on any atom is -0.462 e. The standard InChI is InChI=1S/C18H16O5/c1-2-22-18(21)13-10-16(20)23-15-9-12(8-14(19)17(13)15)11-6-4-3-5-7-11/h3-7,10,12H,2,8-9H2,1H3. The number of hydrogen-bond acceptors (Lipinski definition) is 5. The Labute approximate surface area is 132 Å². The maximum Gasteiger partial charge on any atom is 0.339 e. The van der Waals surface area contributed by atoms with Gasteiger partial charge in [0.15, 0.2) is 5.78 Å². The largest absolute Gasteiger partial charge is 0.462 e. The van der Waals surface area contributed by atoms with Gasteiger partial charge in [0.1, 0.15) is 5.76 Å². The third-order valence-corrected chi connectivity index (χ3v) is 3.94. The first-order chi connectivity index (χ1) is 11.1. The predicted molar refractivity (Wildman–Crippen MR) is 82.8 cm³/mol. The molecule has 0 saturated heterocycles. The molecule has 0 aliphatic heterocycles. The van der Waals surface area contributed by atoms with E-state index in [0.29, 0.717) is 6.42 Å². The third kappa shape index (κ3) is 2.95. The number of ether oxygens (including phenoxy) is 1. The molecule has 118 valence electrons. The van der Waals surface area contributed by atoms with Crippen molar-refractivity contribution in [2.45, 2.75) is 25.7 Å². The summed E-state index contributed by atoms with van der Waals surface area (Å²) in [5, 5.41) is 0. The van der Waals surface area contributed by atoms with E-state index in [0.717, 1.165) is 11.6 Å². The first kappa shape index (κ1) is 15.2. The molecular weight excluding hydrogens is 296 g/mol. The average molecular weight is 312 g/mol. The first-order valence-corrected chi connectivity index (χ1v) is 7.52. The molecule has 0 fully saturated rings. The Bertz CT molecular complexity index is 804. The second kappa shape index (κ2) is 6.20. The lowest BCUT2D eigenvalue weighted by atomic mass is 9.81. The fourth-order valence-corrected chi connectivity index (χ4v) is 2.94. The molecule has 1 aliphatic rings. The number of ketones is 1. The van der Waals surface area contributed by atoms with Crippen LogP contribution in [0.1, 0.15) is 51.3 Å². The van der Waals surface area contributed by atoms with Crippen molar-refractivity contribution in [1.82, 2.24) is 0 Å². The van der Waals surface area contributed by atoms with Crippen LogP contribution in [0.4, 0.5) is 0 Å². The van der Waals surface area contributed by atoms with Crippen molar-refractivity contribution in [1.29, 1.82) is 0 Å². The Hall–Kier alpha value is -2.69. The molecule has 2 aromatic rings. The Kier molecular flexibility index (Phi) is 4.10. The van der Waals surface area contributed by atoms with Gasteiger partial charge < -0.3 is 9.15 Å². The molecule has 1 atom stereocenters. The molecular formula is C18H16O5. The van der Waals surface area contributed by atoms with E-state index < -0.39 is 11.6 Å². The van der Waals surface area contributed by atoms with Gasteiger partial charge in [0, 0.05) is 18.9 Å². The highest BCUT2D eigenvalue weighted by Crippen LogP contribution is 2.33. The van der Waals surface area contributed by atoms with Gasteiger partial charge in [0.2, 0.25) is 0 Å². The molecule has 0 saturated carbocycles. The van der Waals surface area contributed by atoms with Gasteiger partial charge in [-0.3, -0.25) is 4.79 Å². The fourth-order valence-electron chi connectivity index (χ4n) is 2.94. The number of rotatable bonds is 3. The fraction of sp³-hybridized carbons (Fsp3) is 0.278. The van der Waals surface area contributed by atoms with Crippen molar-refractivity contribution in [3.05, 3.63) is 69.3 Å². The van der Waals surface area contributed by atoms with Crippen LogP contribution in [0.3, 0.4) is 0 Å². The van der Waals surface area contributed by atoms with E-state index in [9.17, 15) is 14.4 Å². The summed E-state index contributed by atoms with van der Waals surface area (Å²) in [4.78, 5) is 36.3. The molecule has 0 N–H and O–H groups in total. The molecule has 0 spiro atoms. The summed E-state index contributed by atoms with van der Waals surface area (Å²) in [6.45, 7) is 1.84. The van der Waals surface area contributed by atoms with Gasteiger partial charge in [-0.05, 0) is 18.4 Å². The molecule has 1 aromatic heterocycles. The normalized spacial score (nSPS) is 16.7. The van der Waals surface area contributed by atoms with E-state index in [1.807, 2.05) is 30.3 Å². The summed E-state index contributed by atoms with van der Waals surface area (Å²) < 4.78 is 10.1. The molecule has 0 amide bonds. The summed E-state index contributed by atoms with van der Waals surface area (Å²) in [6, 6.07) is 10.6. The van der Waals surface area contributed by atoms with Gasteiger partial charge in [-0.1, -0.05) is 30.3 Å². The molecule has 0 radical (unpaired) electrons. The van der Waals surface area contributed by atoms with Crippen LogP contribution in [0, 0.1) is 0 Å². The Morgan fingerprint density at radius 3 is 2.65 bits per heavy atom. The SMILES string of the molecule is CCOC(=O)c1cc(=O)oc2c1C(=O)CC(c1ccccc1)C2. The van der Waals surface area contributed by atoms with Crippen LogP contribution < -0.4 is 5.63 Å². The van der Waals surface area contributed by atoms with E-state index in [1.54, 1.807) is 6.92 Å². The van der Waals surface area contributed by atoms with Gasteiger partial charge in [0.25, 0.3) is 0 Å². The van der Waals surface area contributed by atoms with Crippen LogP contribution in [0.25, 0.3) is 0 Å². The van der Waals surface area contributed by atoms with Crippen molar-refractivity contribution in [3.8, 4) is 0 Å². The molecule has 1 aliphatic carbocycles. The van der Waals surface area contributed by atoms with E-state index in [-0.39, 0.29) is 41.6 Å². The smallest absolute Gasteiger partial charge is 0.339 e. The van der Waals surface area contributed by atoms with Crippen molar-refractivity contribution in [2.24, 2.45) is 0 Å². The van der Waals surface area contributed by atoms with Gasteiger partial charge in [-0.25, -0.2) is 9.59 Å². The molecule has 3 rings (SSSR count). The predicted octanol–water partition coefficient (Wildman–Crippen LogP) is 2.73. The molecule has 5 nitrogen and oxygen atoms in total. The lowest BCUT2D eigenvalue weighted by Crippen LogP contribution is -2.25. The van der Waals surface area contributed by atoms with Crippen LogP contribution >= 0.6 is 0 Å². The Balaban J connectivity index is 2.04. The number of esters is 1. The molecule has 1 heterocycles. The van der Waals surface area contributed by atoms with Gasteiger partial charge in [0.05, 0.1) is 17.7 Å². The van der Waals surface area contributed by atoms with Crippen molar-refractivity contribution >= 4 is 11.8 Å². The maximum absolute atomic E-state index is 12.5. The average Bonchev–Trinajstić information content (AvgIpc) is 2.54. The molecule has 0 bridgehead atoms. The van der Waals surface area contributed by atoms with E-state index in [1.165, 1.54) is 0 Å². The van der Waals surface area contributed by atoms with Crippen LogP contribution in [0.5, 0.6) is 0 Å². The highest BCUT2D eigenvalue weighted by atomic mass is 16.5. The zero-order chi connectivity index (χ0) is 16.4. The number of fused-ring (bicyclic) bond motifs is 1. The number of hydrogen-bond donors (Lipinski definition) is 0. The summed E-state index contributed by atoms with van der Waals surface area (Å²) in [5.74, 6) is -0.655. The molecule has 1 aromatic carbocycles. The second-order valence-electron chi connectivity index (χ2n) is 5.44. The van der Waals surface area contributed by atoms with Crippen LogP contribution in [-0.4, -0.2) is 18.4 Å². The summed E-state index contributed by atoms with van der Waals surface area (Å²) in [5.41, 5.74) is 0.564. The number of carbonyl (C=O) groups excluding carboxylic acids is 2. The van der Waals surface area contributed by atoms with Crippen molar-refractivity contribution < 1.29 is 18.7 Å². The van der Waals surface area contributed by atoms with E-state index >= 15 is 0 Å². The second-order valence-corrected chi connectivity index (χ2v) is 5.44. The minimum atomic E-state index is -0.664. The molecule has 23 heavy (non-hydrogen) atoms. The van der Waals surface area contributed by atoms with Crippen LogP contribution in [0.2, 0.25) is 0 Å². The zero-order valence-electron chi connectivity index (χ0n) is 12.7. The highest BCUT2D eigenvalue weighted by Gasteiger charge is 2.33. The molecule has 5 heteroatoms. The summed E-state index contributed by atoms with van der Waals surface area (Å²) >= 11 is 0. The topological polar surface area (TPSA) is 73.6 Å².